The van der Waals surface area contributed by atoms with E-state index >= 15 is 0 Å². The van der Waals surface area contributed by atoms with Gasteiger partial charge in [-0.25, -0.2) is 19.9 Å². The molecule has 4 heterocycles. The molecule has 0 saturated carbocycles. The molecule has 11 aromatic rings. The summed E-state index contributed by atoms with van der Waals surface area (Å²) in [5, 5.41) is 4.91. The summed E-state index contributed by atoms with van der Waals surface area (Å²) in [7, 11) is 0. The highest BCUT2D eigenvalue weighted by Gasteiger charge is 2.20. The summed E-state index contributed by atoms with van der Waals surface area (Å²) in [6.45, 7) is 0. The summed E-state index contributed by atoms with van der Waals surface area (Å²) in [6.07, 6.45) is 0. The van der Waals surface area contributed by atoms with Crippen LogP contribution in [0.4, 0.5) is 0 Å². The number of benzene rings is 7. The van der Waals surface area contributed by atoms with Crippen LogP contribution in [0.2, 0.25) is 0 Å². The van der Waals surface area contributed by atoms with E-state index < -0.39 is 0 Å². The Morgan fingerprint density at radius 3 is 1.68 bits per heavy atom. The van der Waals surface area contributed by atoms with Crippen molar-refractivity contribution in [2.75, 3.05) is 0 Å². The molecule has 5 nitrogen and oxygen atoms in total. The van der Waals surface area contributed by atoms with Crippen molar-refractivity contribution >= 4 is 53.3 Å². The van der Waals surface area contributed by atoms with E-state index in [1.807, 2.05) is 42.5 Å². The number of para-hydroxylation sites is 2. The lowest BCUT2D eigenvalue weighted by molar-refractivity contribution is 1.06. The van der Waals surface area contributed by atoms with E-state index in [9.17, 15) is 0 Å². The van der Waals surface area contributed by atoms with Gasteiger partial charge >= 0.3 is 0 Å². The van der Waals surface area contributed by atoms with E-state index in [1.54, 1.807) is 11.3 Å². The third-order valence-electron chi connectivity index (χ3n) is 10.5. The number of hydrogen-bond donors (Lipinski definition) is 0. The van der Waals surface area contributed by atoms with Crippen molar-refractivity contribution in [2.24, 2.45) is 0 Å². The lowest BCUT2D eigenvalue weighted by atomic mass is 10.0. The first-order valence-electron chi connectivity index (χ1n) is 18.6. The minimum atomic E-state index is 0.518. The quantitative estimate of drug-likeness (QED) is 0.171. The Labute approximate surface area is 326 Å². The van der Waals surface area contributed by atoms with Gasteiger partial charge in [0.15, 0.2) is 17.5 Å². The number of fused-ring (bicyclic) bond motifs is 6. The lowest BCUT2D eigenvalue weighted by Gasteiger charge is -2.16. The number of rotatable bonds is 6. The second-order valence-corrected chi connectivity index (χ2v) is 14.9. The minimum Gasteiger partial charge on any atom is -0.309 e. The van der Waals surface area contributed by atoms with Crippen LogP contribution in [-0.2, 0) is 0 Å². The summed E-state index contributed by atoms with van der Waals surface area (Å²) in [6, 6.07) is 65.6. The van der Waals surface area contributed by atoms with Gasteiger partial charge in [0.1, 0.15) is 5.69 Å². The summed E-state index contributed by atoms with van der Waals surface area (Å²) in [5.41, 5.74) is 10.0. The molecule has 0 spiro atoms. The monoisotopic (exact) mass is 733 g/mol. The summed E-state index contributed by atoms with van der Waals surface area (Å²) < 4.78 is 4.85. The molecule has 0 aliphatic heterocycles. The second-order valence-electron chi connectivity index (χ2n) is 13.8. The average molecular weight is 734 g/mol. The van der Waals surface area contributed by atoms with Crippen LogP contribution in [0.3, 0.4) is 0 Å². The Hall–Kier alpha value is -7.28. The van der Waals surface area contributed by atoms with Crippen LogP contribution in [0.15, 0.2) is 188 Å². The first-order valence-corrected chi connectivity index (χ1v) is 19.5. The molecule has 0 aliphatic carbocycles. The van der Waals surface area contributed by atoms with Crippen LogP contribution < -0.4 is 0 Å². The van der Waals surface area contributed by atoms with Crippen molar-refractivity contribution in [3.8, 4) is 62.4 Å². The van der Waals surface area contributed by atoms with Gasteiger partial charge in [-0.15, -0.1) is 11.3 Å². The van der Waals surface area contributed by atoms with Gasteiger partial charge in [0.25, 0.3) is 0 Å². The third kappa shape index (κ3) is 5.38. The molecule has 11 rings (SSSR count). The van der Waals surface area contributed by atoms with Gasteiger partial charge in [-0.1, -0.05) is 152 Å². The zero-order valence-corrected chi connectivity index (χ0v) is 30.9. The minimum absolute atomic E-state index is 0.518. The number of nitrogens with zero attached hydrogens (tertiary/aromatic N) is 5. The van der Waals surface area contributed by atoms with Gasteiger partial charge in [0, 0.05) is 53.2 Å². The highest BCUT2D eigenvalue weighted by atomic mass is 32.1. The molecule has 0 unspecified atom stereocenters. The highest BCUT2D eigenvalue weighted by Crippen LogP contribution is 2.41. The molecular weight excluding hydrogens is 703 g/mol. The molecule has 0 fully saturated rings. The molecule has 0 aliphatic rings. The molecule has 6 heteroatoms. The Balaban J connectivity index is 1.12. The molecule has 7 aromatic carbocycles. The maximum absolute atomic E-state index is 5.23. The van der Waals surface area contributed by atoms with E-state index in [0.717, 1.165) is 50.2 Å². The smallest absolute Gasteiger partial charge is 0.182 e. The van der Waals surface area contributed by atoms with Crippen LogP contribution in [0.1, 0.15) is 0 Å². The van der Waals surface area contributed by atoms with Gasteiger partial charge in [-0.05, 0) is 42.0 Å². The van der Waals surface area contributed by atoms with Crippen molar-refractivity contribution in [2.45, 2.75) is 0 Å². The maximum Gasteiger partial charge on any atom is 0.182 e. The lowest BCUT2D eigenvalue weighted by Crippen LogP contribution is -2.03. The molecule has 0 bridgehead atoms. The van der Waals surface area contributed by atoms with Crippen molar-refractivity contribution in [1.29, 1.82) is 0 Å². The van der Waals surface area contributed by atoms with Crippen LogP contribution in [-0.4, -0.2) is 24.5 Å². The Kier molecular flexibility index (Phi) is 7.60. The summed E-state index contributed by atoms with van der Waals surface area (Å²) in [4.78, 5) is 20.6. The fraction of sp³-hybridized carbons (Fsp3) is 0. The number of hydrogen-bond acceptors (Lipinski definition) is 5. The fourth-order valence-electron chi connectivity index (χ4n) is 7.89. The number of pyridine rings is 1. The van der Waals surface area contributed by atoms with E-state index in [4.69, 9.17) is 19.9 Å². The standard InChI is InChI=1S/C50H31N5S/c1-3-15-32(16-4-1)35-30-29-34(31-45(35)55-43-26-10-7-19-36(43)37-20-8-11-27-44(37)55)49-52-48(33-17-5-2-6-18-33)53-50(54-49)42-25-14-24-41(51-42)40-23-13-22-39-38-21-9-12-28-46(38)56-47(39)40/h1-31H. The normalized spacial score (nSPS) is 11.6. The van der Waals surface area contributed by atoms with Crippen molar-refractivity contribution in [1.82, 2.24) is 24.5 Å². The molecule has 0 atom stereocenters. The van der Waals surface area contributed by atoms with Gasteiger partial charge in [0.05, 0.1) is 22.4 Å². The highest BCUT2D eigenvalue weighted by molar-refractivity contribution is 7.26. The van der Waals surface area contributed by atoms with Gasteiger partial charge in [0.2, 0.25) is 0 Å². The first-order chi connectivity index (χ1) is 27.8. The second kappa shape index (κ2) is 13.2. The molecule has 0 radical (unpaired) electrons. The topological polar surface area (TPSA) is 56.5 Å². The summed E-state index contributed by atoms with van der Waals surface area (Å²) >= 11 is 1.80. The molecule has 0 N–H and O–H groups in total. The molecule has 56 heavy (non-hydrogen) atoms. The molecule has 0 amide bonds. The van der Waals surface area contributed by atoms with Crippen molar-refractivity contribution < 1.29 is 0 Å². The predicted molar refractivity (Wildman–Crippen MR) is 232 cm³/mol. The van der Waals surface area contributed by atoms with E-state index in [2.05, 4.69) is 150 Å². The van der Waals surface area contributed by atoms with Crippen LogP contribution in [0, 0.1) is 0 Å². The zero-order chi connectivity index (χ0) is 37.0. The molecule has 4 aromatic heterocycles. The predicted octanol–water partition coefficient (Wildman–Crippen LogP) is 13.1. The SMILES string of the molecule is c1ccc(-c2nc(-c3ccc(-c4ccccc4)c(-n4c5ccccc5c5ccccc54)c3)nc(-c3cccc(-c4cccc5c4sc4ccccc45)n3)n2)cc1. The van der Waals surface area contributed by atoms with Crippen LogP contribution in [0.5, 0.6) is 0 Å². The molecule has 0 saturated heterocycles. The van der Waals surface area contributed by atoms with Crippen molar-refractivity contribution in [3.05, 3.63) is 188 Å². The first kappa shape index (κ1) is 32.2. The van der Waals surface area contributed by atoms with Crippen LogP contribution in [0.25, 0.3) is 104 Å². The third-order valence-corrected chi connectivity index (χ3v) is 11.7. The molecular formula is C50H31N5S. The Bertz CT molecular complexity index is 3200. The largest absolute Gasteiger partial charge is 0.309 e. The van der Waals surface area contributed by atoms with Crippen LogP contribution >= 0.6 is 11.3 Å². The Morgan fingerprint density at radius 2 is 0.929 bits per heavy atom. The number of aromatic nitrogens is 5. The van der Waals surface area contributed by atoms with Gasteiger partial charge < -0.3 is 4.57 Å². The average Bonchev–Trinajstić information content (AvgIpc) is 3.83. The Morgan fingerprint density at radius 1 is 0.357 bits per heavy atom. The summed E-state index contributed by atoms with van der Waals surface area (Å²) in [5.74, 6) is 1.69. The van der Waals surface area contributed by atoms with E-state index in [0.29, 0.717) is 23.2 Å². The maximum atomic E-state index is 5.23. The van der Waals surface area contributed by atoms with Crippen molar-refractivity contribution in [3.63, 3.8) is 0 Å². The van der Waals surface area contributed by atoms with E-state index in [-0.39, 0.29) is 0 Å². The fourth-order valence-corrected chi connectivity index (χ4v) is 9.12. The molecule has 262 valence electrons. The van der Waals surface area contributed by atoms with Gasteiger partial charge in [-0.3, -0.25) is 0 Å². The number of thiophene rings is 1. The van der Waals surface area contributed by atoms with E-state index in [1.165, 1.54) is 30.9 Å². The zero-order valence-electron chi connectivity index (χ0n) is 30.0. The van der Waals surface area contributed by atoms with Gasteiger partial charge in [-0.2, -0.15) is 0 Å².